The Morgan fingerprint density at radius 1 is 1.16 bits per heavy atom. The van der Waals surface area contributed by atoms with E-state index in [1.165, 1.54) is 7.11 Å². The molecule has 0 aromatic heterocycles. The lowest BCUT2D eigenvalue weighted by molar-refractivity contribution is -0.131. The van der Waals surface area contributed by atoms with E-state index in [1.54, 1.807) is 0 Å². The molecular weight excluding hydrogens is 258 g/mol. The summed E-state index contributed by atoms with van der Waals surface area (Å²) in [5, 5.41) is 14.6. The molecule has 4 N–H and O–H groups in total. The molecule has 0 radical (unpaired) electrons. The maximum absolute atomic E-state index is 11.1. The van der Waals surface area contributed by atoms with Gasteiger partial charge in [-0.3, -0.25) is 14.9 Å². The van der Waals surface area contributed by atoms with E-state index in [9.17, 15) is 19.2 Å². The summed E-state index contributed by atoms with van der Waals surface area (Å²) in [7, 11) is 1.48. The molecule has 0 rings (SSSR count). The smallest absolute Gasteiger partial charge is 0.328 e. The standard InChI is InChI=1S/C10H15N3O6/c1-19-5-4-11-8(15)6-12-10(18)13-7(14)2-3-9(16)17/h2-3H,4-6H2,1H3,(H,11,15)(H,16,17)(H2,12,13,14,18)/b3-2+. The van der Waals surface area contributed by atoms with Crippen molar-refractivity contribution in [1.82, 2.24) is 16.0 Å². The summed E-state index contributed by atoms with van der Waals surface area (Å²) in [6.45, 7) is 0.334. The fraction of sp³-hybridized carbons (Fsp3) is 0.400. The van der Waals surface area contributed by atoms with Crippen LogP contribution in [0.3, 0.4) is 0 Å². The Hall–Kier alpha value is -2.42. The SMILES string of the molecule is COCCNC(=O)CNC(=O)NC(=O)/C=C/C(=O)O. The second kappa shape index (κ2) is 9.59. The van der Waals surface area contributed by atoms with E-state index in [4.69, 9.17) is 9.84 Å². The number of ether oxygens (including phenoxy) is 1. The lowest BCUT2D eigenvalue weighted by atomic mass is 10.4. The van der Waals surface area contributed by atoms with Gasteiger partial charge in [0.2, 0.25) is 5.91 Å². The summed E-state index contributed by atoms with van der Waals surface area (Å²) >= 11 is 0. The molecule has 4 amide bonds. The van der Waals surface area contributed by atoms with Crippen LogP contribution in [0.15, 0.2) is 12.2 Å². The van der Waals surface area contributed by atoms with Crippen molar-refractivity contribution in [3.63, 3.8) is 0 Å². The Morgan fingerprint density at radius 3 is 2.42 bits per heavy atom. The minimum atomic E-state index is -1.31. The molecule has 19 heavy (non-hydrogen) atoms. The molecule has 0 fully saturated rings. The van der Waals surface area contributed by atoms with Crippen LogP contribution in [0.4, 0.5) is 4.79 Å². The Balaban J connectivity index is 3.83. The van der Waals surface area contributed by atoms with Gasteiger partial charge in [0.1, 0.15) is 0 Å². The first-order valence-corrected chi connectivity index (χ1v) is 5.21. The minimum Gasteiger partial charge on any atom is -0.478 e. The number of carbonyl (C=O) groups is 4. The van der Waals surface area contributed by atoms with E-state index in [0.717, 1.165) is 0 Å². The van der Waals surface area contributed by atoms with Gasteiger partial charge < -0.3 is 20.5 Å². The van der Waals surface area contributed by atoms with Crippen molar-refractivity contribution in [2.45, 2.75) is 0 Å². The minimum absolute atomic E-state index is 0.304. The normalized spacial score (nSPS) is 9.95. The summed E-state index contributed by atoms with van der Waals surface area (Å²) < 4.78 is 4.70. The number of urea groups is 1. The molecule has 0 aliphatic rings. The zero-order valence-electron chi connectivity index (χ0n) is 10.3. The van der Waals surface area contributed by atoms with E-state index in [1.807, 2.05) is 5.32 Å². The molecule has 0 heterocycles. The summed E-state index contributed by atoms with van der Waals surface area (Å²) in [4.78, 5) is 43.3. The first-order valence-electron chi connectivity index (χ1n) is 5.21. The van der Waals surface area contributed by atoms with E-state index >= 15 is 0 Å². The van der Waals surface area contributed by atoms with Gasteiger partial charge in [-0.15, -0.1) is 0 Å². The van der Waals surface area contributed by atoms with Gasteiger partial charge in [0, 0.05) is 25.8 Å². The van der Waals surface area contributed by atoms with E-state index < -0.39 is 23.8 Å². The van der Waals surface area contributed by atoms with Gasteiger partial charge in [0.25, 0.3) is 5.91 Å². The molecule has 0 unspecified atom stereocenters. The van der Waals surface area contributed by atoms with Crippen molar-refractivity contribution >= 4 is 23.8 Å². The van der Waals surface area contributed by atoms with Crippen LogP contribution in [0, 0.1) is 0 Å². The Bertz CT molecular complexity index is 379. The highest BCUT2D eigenvalue weighted by Gasteiger charge is 2.07. The molecule has 0 aromatic rings. The average molecular weight is 273 g/mol. The molecule has 0 aromatic carbocycles. The van der Waals surface area contributed by atoms with Gasteiger partial charge in [-0.1, -0.05) is 0 Å². The maximum Gasteiger partial charge on any atom is 0.328 e. The fourth-order valence-electron chi connectivity index (χ4n) is 0.860. The second-order valence-electron chi connectivity index (χ2n) is 3.19. The zero-order chi connectivity index (χ0) is 14.7. The van der Waals surface area contributed by atoms with Crippen molar-refractivity contribution in [3.8, 4) is 0 Å². The lowest BCUT2D eigenvalue weighted by Crippen LogP contribution is -2.44. The van der Waals surface area contributed by atoms with Gasteiger partial charge in [0.05, 0.1) is 13.2 Å². The Kier molecular flexibility index (Phi) is 8.37. The third kappa shape index (κ3) is 10.5. The number of carboxylic acid groups (broad SMARTS) is 1. The van der Waals surface area contributed by atoms with Gasteiger partial charge in [-0.2, -0.15) is 0 Å². The molecule has 9 heteroatoms. The molecular formula is C10H15N3O6. The summed E-state index contributed by atoms with van der Waals surface area (Å²) in [6, 6.07) is -0.901. The van der Waals surface area contributed by atoms with Crippen LogP contribution < -0.4 is 16.0 Å². The number of amides is 4. The summed E-state index contributed by atoms with van der Waals surface area (Å²) in [6.07, 6.45) is 1.26. The number of imide groups is 1. The summed E-state index contributed by atoms with van der Waals surface area (Å²) in [5.74, 6) is -2.66. The van der Waals surface area contributed by atoms with Crippen LogP contribution in [0.1, 0.15) is 0 Å². The maximum atomic E-state index is 11.1. The Morgan fingerprint density at radius 2 is 1.84 bits per heavy atom. The third-order valence-corrected chi connectivity index (χ3v) is 1.65. The second-order valence-corrected chi connectivity index (χ2v) is 3.19. The van der Waals surface area contributed by atoms with Crippen molar-refractivity contribution in [2.24, 2.45) is 0 Å². The first kappa shape index (κ1) is 16.6. The molecule has 106 valence electrons. The van der Waals surface area contributed by atoms with Gasteiger partial charge >= 0.3 is 12.0 Å². The van der Waals surface area contributed by atoms with Crippen LogP contribution in [0.5, 0.6) is 0 Å². The number of methoxy groups -OCH3 is 1. The largest absolute Gasteiger partial charge is 0.478 e. The number of carboxylic acids is 1. The molecule has 9 nitrogen and oxygen atoms in total. The quantitative estimate of drug-likeness (QED) is 0.320. The Labute approximate surface area is 109 Å². The first-order chi connectivity index (χ1) is 8.95. The fourth-order valence-corrected chi connectivity index (χ4v) is 0.860. The van der Waals surface area contributed by atoms with Crippen LogP contribution in [0.25, 0.3) is 0 Å². The topological polar surface area (TPSA) is 134 Å². The highest BCUT2D eigenvalue weighted by atomic mass is 16.5. The highest BCUT2D eigenvalue weighted by Crippen LogP contribution is 1.75. The number of rotatable bonds is 7. The van der Waals surface area contributed by atoms with E-state index in [2.05, 4.69) is 10.6 Å². The highest BCUT2D eigenvalue weighted by molar-refractivity contribution is 6.03. The third-order valence-electron chi connectivity index (χ3n) is 1.65. The molecule has 0 saturated carbocycles. The molecule has 0 aliphatic heterocycles. The number of carbonyl (C=O) groups excluding carboxylic acids is 3. The molecule has 0 aliphatic carbocycles. The van der Waals surface area contributed by atoms with E-state index in [-0.39, 0.29) is 6.54 Å². The van der Waals surface area contributed by atoms with Crippen LogP contribution in [0.2, 0.25) is 0 Å². The molecule has 0 saturated heterocycles. The van der Waals surface area contributed by atoms with Crippen molar-refractivity contribution < 1.29 is 29.0 Å². The molecule has 0 atom stereocenters. The van der Waals surface area contributed by atoms with Gasteiger partial charge in [-0.25, -0.2) is 9.59 Å². The monoisotopic (exact) mass is 273 g/mol. The predicted octanol–water partition coefficient (Wildman–Crippen LogP) is -1.78. The van der Waals surface area contributed by atoms with E-state index in [0.29, 0.717) is 25.3 Å². The number of hydrogen-bond acceptors (Lipinski definition) is 5. The van der Waals surface area contributed by atoms with Gasteiger partial charge in [-0.05, 0) is 0 Å². The predicted molar refractivity (Wildman–Crippen MR) is 63.2 cm³/mol. The number of nitrogens with one attached hydrogen (secondary N) is 3. The van der Waals surface area contributed by atoms with Crippen LogP contribution in [-0.2, 0) is 19.1 Å². The number of hydrogen-bond donors (Lipinski definition) is 4. The lowest BCUT2D eigenvalue weighted by Gasteiger charge is -2.06. The zero-order valence-corrected chi connectivity index (χ0v) is 10.3. The van der Waals surface area contributed by atoms with Crippen molar-refractivity contribution in [1.29, 1.82) is 0 Å². The van der Waals surface area contributed by atoms with Crippen LogP contribution in [-0.4, -0.2) is 55.7 Å². The molecule has 0 bridgehead atoms. The van der Waals surface area contributed by atoms with Crippen molar-refractivity contribution in [3.05, 3.63) is 12.2 Å². The summed E-state index contributed by atoms with van der Waals surface area (Å²) in [5.41, 5.74) is 0. The molecule has 0 spiro atoms. The van der Waals surface area contributed by atoms with Gasteiger partial charge in [0.15, 0.2) is 0 Å². The number of aliphatic carboxylic acids is 1. The van der Waals surface area contributed by atoms with Crippen LogP contribution >= 0.6 is 0 Å². The average Bonchev–Trinajstić information content (AvgIpc) is 2.34. The van der Waals surface area contributed by atoms with Crippen molar-refractivity contribution in [2.75, 3.05) is 26.8 Å².